The molecule has 3 heterocycles. The summed E-state index contributed by atoms with van der Waals surface area (Å²) in [6.45, 7) is 2.70. The van der Waals surface area contributed by atoms with E-state index in [1.54, 1.807) is 10.6 Å². The number of imidazole rings is 1. The van der Waals surface area contributed by atoms with Crippen molar-refractivity contribution in [3.05, 3.63) is 75.7 Å². The molecule has 2 atom stereocenters. The van der Waals surface area contributed by atoms with Gasteiger partial charge in [0.25, 0.3) is 0 Å². The van der Waals surface area contributed by atoms with Crippen LogP contribution in [0.15, 0.2) is 48.7 Å². The largest absolute Gasteiger partial charge is 0.486 e. The molecule has 0 aliphatic carbocycles. The molecule has 1 saturated heterocycles. The number of amides is 2. The minimum Gasteiger partial charge on any atom is -0.486 e. The van der Waals surface area contributed by atoms with E-state index in [0.717, 1.165) is 11.1 Å². The van der Waals surface area contributed by atoms with Gasteiger partial charge in [0, 0.05) is 18.0 Å². The van der Waals surface area contributed by atoms with Gasteiger partial charge in [-0.1, -0.05) is 24.3 Å². The van der Waals surface area contributed by atoms with Crippen LogP contribution in [0.3, 0.4) is 0 Å². The van der Waals surface area contributed by atoms with Crippen molar-refractivity contribution in [3.8, 4) is 11.8 Å². The highest BCUT2D eigenvalue weighted by Gasteiger charge is 2.33. The first-order valence-electron chi connectivity index (χ1n) is 12.4. The SMILES string of the molecule is CC(=O)NCC1CN(c2ccc(OCc3cccc(COC4COc5nc([N+](=O)[O-])cn5C4)c3)c(F)c2)C(=O)O1. The van der Waals surface area contributed by atoms with E-state index < -0.39 is 22.9 Å². The molecule has 0 spiro atoms. The van der Waals surface area contributed by atoms with Gasteiger partial charge < -0.3 is 34.4 Å². The molecular formula is C26H26FN5O8. The lowest BCUT2D eigenvalue weighted by molar-refractivity contribution is -0.389. The number of anilines is 1. The molecule has 0 saturated carbocycles. The third-order valence-corrected chi connectivity index (χ3v) is 6.26. The van der Waals surface area contributed by atoms with Crippen molar-refractivity contribution in [2.75, 3.05) is 24.6 Å². The minimum atomic E-state index is -0.633. The predicted octanol–water partition coefficient (Wildman–Crippen LogP) is 2.95. The van der Waals surface area contributed by atoms with E-state index in [1.165, 1.54) is 30.2 Å². The van der Waals surface area contributed by atoms with Gasteiger partial charge in [-0.2, -0.15) is 0 Å². The Hall–Kier alpha value is -4.72. The first-order valence-corrected chi connectivity index (χ1v) is 12.4. The molecule has 0 bridgehead atoms. The van der Waals surface area contributed by atoms with Crippen LogP contribution in [0, 0.1) is 15.9 Å². The maximum atomic E-state index is 14.8. The topological polar surface area (TPSA) is 147 Å². The maximum Gasteiger partial charge on any atom is 0.414 e. The first-order chi connectivity index (χ1) is 19.2. The number of aromatic nitrogens is 2. The summed E-state index contributed by atoms with van der Waals surface area (Å²) in [5.74, 6) is -1.12. The lowest BCUT2D eigenvalue weighted by Crippen LogP contribution is -2.33. The van der Waals surface area contributed by atoms with Gasteiger partial charge in [-0.3, -0.25) is 14.3 Å². The summed E-state index contributed by atoms with van der Waals surface area (Å²) >= 11 is 0. The quantitative estimate of drug-likeness (QED) is 0.295. The Bertz CT molecular complexity index is 1430. The highest BCUT2D eigenvalue weighted by Crippen LogP contribution is 2.28. The van der Waals surface area contributed by atoms with Gasteiger partial charge in [0.15, 0.2) is 11.6 Å². The third kappa shape index (κ3) is 6.29. The van der Waals surface area contributed by atoms with Crippen LogP contribution in [-0.2, 0) is 34.0 Å². The molecule has 1 N–H and O–H groups in total. The zero-order valence-electron chi connectivity index (χ0n) is 21.4. The highest BCUT2D eigenvalue weighted by molar-refractivity contribution is 5.90. The molecular weight excluding hydrogens is 529 g/mol. The van der Waals surface area contributed by atoms with E-state index in [2.05, 4.69) is 10.3 Å². The Balaban J connectivity index is 1.13. The second-order valence-corrected chi connectivity index (χ2v) is 9.31. The summed E-state index contributed by atoms with van der Waals surface area (Å²) in [5.41, 5.74) is 1.98. The van der Waals surface area contributed by atoms with Crippen molar-refractivity contribution in [2.24, 2.45) is 0 Å². The summed E-state index contributed by atoms with van der Waals surface area (Å²) in [4.78, 5) is 38.7. The fraction of sp³-hybridized carbons (Fsp3) is 0.346. The molecule has 2 amide bonds. The van der Waals surface area contributed by atoms with E-state index in [-0.39, 0.29) is 62.5 Å². The Morgan fingerprint density at radius 1 is 1.23 bits per heavy atom. The zero-order valence-corrected chi connectivity index (χ0v) is 21.4. The third-order valence-electron chi connectivity index (χ3n) is 6.26. The number of rotatable bonds is 10. The molecule has 1 fully saturated rings. The summed E-state index contributed by atoms with van der Waals surface area (Å²) in [7, 11) is 0. The number of nitrogens with one attached hydrogen (secondary N) is 1. The fourth-order valence-corrected chi connectivity index (χ4v) is 4.32. The number of cyclic esters (lactones) is 1. The molecule has 3 aromatic rings. The van der Waals surface area contributed by atoms with Gasteiger partial charge in [0.2, 0.25) is 5.91 Å². The Labute approximate surface area is 227 Å². The molecule has 1 aromatic heterocycles. The minimum absolute atomic E-state index is 0.0253. The number of benzene rings is 2. The number of carbonyl (C=O) groups excluding carboxylic acids is 2. The standard InChI is InChI=1S/C26H26FN5O8/c1-16(33)28-9-20-11-31(26(34)40-20)19-5-6-23(22(27)8-19)38-14-18-4-2-3-17(7-18)13-37-21-10-30-12-24(32(35)36)29-25(30)39-15-21/h2-8,12,20-21H,9-11,13-15H2,1H3,(H,28,33). The summed E-state index contributed by atoms with van der Waals surface area (Å²) < 4.78 is 38.7. The van der Waals surface area contributed by atoms with E-state index in [9.17, 15) is 24.1 Å². The fourth-order valence-electron chi connectivity index (χ4n) is 4.32. The van der Waals surface area contributed by atoms with Crippen LogP contribution in [0.1, 0.15) is 18.1 Å². The van der Waals surface area contributed by atoms with Gasteiger partial charge in [0.1, 0.15) is 31.6 Å². The molecule has 2 aliphatic heterocycles. The van der Waals surface area contributed by atoms with Gasteiger partial charge in [-0.05, 0) is 28.2 Å². The molecule has 2 aromatic carbocycles. The lowest BCUT2D eigenvalue weighted by Gasteiger charge is -2.22. The van der Waals surface area contributed by atoms with Crippen LogP contribution in [-0.4, -0.2) is 58.4 Å². The second-order valence-electron chi connectivity index (χ2n) is 9.31. The van der Waals surface area contributed by atoms with Crippen LogP contribution in [0.25, 0.3) is 0 Å². The summed E-state index contributed by atoms with van der Waals surface area (Å²) in [6, 6.07) is 11.8. The lowest BCUT2D eigenvalue weighted by atomic mass is 10.1. The average molecular weight is 556 g/mol. The van der Waals surface area contributed by atoms with Crippen molar-refractivity contribution >= 4 is 23.5 Å². The molecule has 13 nitrogen and oxygen atoms in total. The second kappa shape index (κ2) is 11.6. The number of ether oxygens (including phenoxy) is 4. The number of fused-ring (bicyclic) bond motifs is 1. The summed E-state index contributed by atoms with van der Waals surface area (Å²) in [5, 5.41) is 13.5. The van der Waals surface area contributed by atoms with Crippen LogP contribution in [0.5, 0.6) is 11.8 Å². The van der Waals surface area contributed by atoms with Crippen molar-refractivity contribution in [2.45, 2.75) is 38.9 Å². The van der Waals surface area contributed by atoms with Gasteiger partial charge >= 0.3 is 17.9 Å². The molecule has 2 aliphatic rings. The highest BCUT2D eigenvalue weighted by atomic mass is 19.1. The number of carbonyl (C=O) groups is 2. The Kier molecular flexibility index (Phi) is 7.77. The van der Waals surface area contributed by atoms with E-state index >= 15 is 0 Å². The van der Waals surface area contributed by atoms with Gasteiger partial charge in [-0.15, -0.1) is 0 Å². The van der Waals surface area contributed by atoms with E-state index in [4.69, 9.17) is 18.9 Å². The molecule has 0 radical (unpaired) electrons. The maximum absolute atomic E-state index is 14.8. The first kappa shape index (κ1) is 26.9. The van der Waals surface area contributed by atoms with Crippen molar-refractivity contribution in [3.63, 3.8) is 0 Å². The van der Waals surface area contributed by atoms with Crippen LogP contribution >= 0.6 is 0 Å². The van der Waals surface area contributed by atoms with Crippen LogP contribution < -0.4 is 19.7 Å². The average Bonchev–Trinajstić information content (AvgIpc) is 3.53. The predicted molar refractivity (Wildman–Crippen MR) is 136 cm³/mol. The Morgan fingerprint density at radius 2 is 2.02 bits per heavy atom. The van der Waals surface area contributed by atoms with E-state index in [0.29, 0.717) is 12.2 Å². The molecule has 40 heavy (non-hydrogen) atoms. The number of nitrogens with zero attached hydrogens (tertiary/aromatic N) is 4. The van der Waals surface area contributed by atoms with Crippen molar-refractivity contribution in [1.82, 2.24) is 14.9 Å². The molecule has 5 rings (SSSR count). The summed E-state index contributed by atoms with van der Waals surface area (Å²) in [6.07, 6.45) is -0.144. The molecule has 210 valence electrons. The number of hydrogen-bond donors (Lipinski definition) is 1. The van der Waals surface area contributed by atoms with Crippen molar-refractivity contribution < 1.29 is 37.9 Å². The number of hydrogen-bond acceptors (Lipinski definition) is 9. The normalized spacial score (nSPS) is 18.1. The number of halogens is 1. The Morgan fingerprint density at radius 3 is 2.77 bits per heavy atom. The molecule has 14 heteroatoms. The monoisotopic (exact) mass is 555 g/mol. The zero-order chi connectivity index (χ0) is 28.2. The number of nitro groups is 1. The van der Waals surface area contributed by atoms with Crippen LogP contribution in [0.2, 0.25) is 0 Å². The van der Waals surface area contributed by atoms with Crippen LogP contribution in [0.4, 0.5) is 20.7 Å². The van der Waals surface area contributed by atoms with Crippen molar-refractivity contribution in [1.29, 1.82) is 0 Å². The van der Waals surface area contributed by atoms with E-state index in [1.807, 2.05) is 24.3 Å². The smallest absolute Gasteiger partial charge is 0.414 e. The molecule has 2 unspecified atom stereocenters. The van der Waals surface area contributed by atoms with Gasteiger partial charge in [-0.25, -0.2) is 9.18 Å². The van der Waals surface area contributed by atoms with Gasteiger partial charge in [0.05, 0.1) is 31.9 Å².